The molecular weight excluding hydrogens is 330 g/mol. The molecule has 132 valence electrons. The number of carbonyl (C=O) groups excluding carboxylic acids is 2. The van der Waals surface area contributed by atoms with Crippen molar-refractivity contribution in [3.8, 4) is 5.75 Å². The Bertz CT molecular complexity index is 746. The van der Waals surface area contributed by atoms with Crippen LogP contribution in [-0.2, 0) is 0 Å². The Morgan fingerprint density at radius 1 is 0.960 bits per heavy atom. The minimum absolute atomic E-state index is 0.00979. The normalized spacial score (nSPS) is 10.6. The zero-order valence-corrected chi connectivity index (χ0v) is 13.8. The van der Waals surface area contributed by atoms with Gasteiger partial charge in [-0.25, -0.2) is 0 Å². The van der Waals surface area contributed by atoms with Crippen LogP contribution in [0.3, 0.4) is 0 Å². The first-order valence-corrected chi connectivity index (χ1v) is 7.63. The molecule has 5 nitrogen and oxygen atoms in total. The largest absolute Gasteiger partial charge is 0.434 e. The average molecular weight is 348 g/mol. The lowest BCUT2D eigenvalue weighted by atomic mass is 10.1. The number of nitrogens with one attached hydrogen (secondary N) is 2. The highest BCUT2D eigenvalue weighted by Gasteiger charge is 2.15. The highest BCUT2D eigenvalue weighted by Crippen LogP contribution is 2.21. The van der Waals surface area contributed by atoms with Gasteiger partial charge in [-0.2, -0.15) is 8.78 Å². The lowest BCUT2D eigenvalue weighted by Crippen LogP contribution is -2.30. The Hall–Kier alpha value is -2.96. The number of alkyl halides is 2. The molecule has 0 bridgehead atoms. The maximum atomic E-state index is 12.4. The molecule has 2 rings (SSSR count). The fraction of sp³-hybridized carbons (Fsp3) is 0.222. The third-order valence-electron chi connectivity index (χ3n) is 3.17. The van der Waals surface area contributed by atoms with Gasteiger partial charge in [0.15, 0.2) is 0 Å². The molecule has 0 unspecified atom stereocenters. The predicted molar refractivity (Wildman–Crippen MR) is 90.1 cm³/mol. The van der Waals surface area contributed by atoms with Crippen molar-refractivity contribution in [2.75, 3.05) is 5.32 Å². The van der Waals surface area contributed by atoms with E-state index in [-0.39, 0.29) is 23.3 Å². The highest BCUT2D eigenvalue weighted by atomic mass is 19.3. The summed E-state index contributed by atoms with van der Waals surface area (Å²) >= 11 is 0. The first-order valence-electron chi connectivity index (χ1n) is 7.63. The van der Waals surface area contributed by atoms with Gasteiger partial charge < -0.3 is 15.4 Å². The molecule has 0 aliphatic carbocycles. The lowest BCUT2D eigenvalue weighted by Gasteiger charge is -2.11. The Labute approximate surface area is 144 Å². The summed E-state index contributed by atoms with van der Waals surface area (Å²) in [5.41, 5.74) is 0.871. The Morgan fingerprint density at radius 2 is 1.60 bits per heavy atom. The molecule has 7 heteroatoms. The molecule has 0 radical (unpaired) electrons. The van der Waals surface area contributed by atoms with Crippen molar-refractivity contribution in [1.82, 2.24) is 5.32 Å². The van der Waals surface area contributed by atoms with Gasteiger partial charge in [-0.3, -0.25) is 9.59 Å². The average Bonchev–Trinajstić information content (AvgIpc) is 2.54. The van der Waals surface area contributed by atoms with Crippen LogP contribution >= 0.6 is 0 Å². The summed E-state index contributed by atoms with van der Waals surface area (Å²) in [7, 11) is 0. The number of anilines is 1. The molecular formula is C18H18F2N2O3. The summed E-state index contributed by atoms with van der Waals surface area (Å²) in [5.74, 6) is -1.01. The van der Waals surface area contributed by atoms with Gasteiger partial charge in [-0.1, -0.05) is 12.1 Å². The van der Waals surface area contributed by atoms with E-state index in [0.717, 1.165) is 0 Å². The summed E-state index contributed by atoms with van der Waals surface area (Å²) in [5, 5.41) is 5.34. The maximum absolute atomic E-state index is 12.4. The van der Waals surface area contributed by atoms with Crippen LogP contribution in [0, 0.1) is 0 Å². The van der Waals surface area contributed by atoms with Crippen molar-refractivity contribution in [1.29, 1.82) is 0 Å². The fourth-order valence-corrected chi connectivity index (χ4v) is 2.10. The van der Waals surface area contributed by atoms with Crippen molar-refractivity contribution >= 4 is 17.5 Å². The summed E-state index contributed by atoms with van der Waals surface area (Å²) < 4.78 is 29.2. The van der Waals surface area contributed by atoms with Crippen LogP contribution < -0.4 is 15.4 Å². The topological polar surface area (TPSA) is 67.4 Å². The molecule has 0 spiro atoms. The molecule has 0 saturated heterocycles. The van der Waals surface area contributed by atoms with Gasteiger partial charge in [0.2, 0.25) is 0 Å². The van der Waals surface area contributed by atoms with E-state index in [4.69, 9.17) is 0 Å². The van der Waals surface area contributed by atoms with Crippen LogP contribution in [0.25, 0.3) is 0 Å². The minimum atomic E-state index is -3.02. The van der Waals surface area contributed by atoms with Gasteiger partial charge >= 0.3 is 6.61 Å². The van der Waals surface area contributed by atoms with Crippen molar-refractivity contribution < 1.29 is 23.1 Å². The van der Waals surface area contributed by atoms with Gasteiger partial charge in [-0.05, 0) is 50.2 Å². The number of benzene rings is 2. The number of hydrogen-bond acceptors (Lipinski definition) is 3. The number of amides is 2. The zero-order valence-electron chi connectivity index (χ0n) is 13.8. The van der Waals surface area contributed by atoms with Crippen LogP contribution in [0.4, 0.5) is 14.5 Å². The van der Waals surface area contributed by atoms with E-state index in [1.54, 1.807) is 30.3 Å². The van der Waals surface area contributed by atoms with E-state index >= 15 is 0 Å². The molecule has 0 aliphatic rings. The first-order chi connectivity index (χ1) is 11.9. The van der Waals surface area contributed by atoms with E-state index in [2.05, 4.69) is 15.4 Å². The Morgan fingerprint density at radius 3 is 2.20 bits per heavy atom. The third-order valence-corrected chi connectivity index (χ3v) is 3.17. The molecule has 25 heavy (non-hydrogen) atoms. The molecule has 0 heterocycles. The maximum Gasteiger partial charge on any atom is 0.387 e. The van der Waals surface area contributed by atoms with Crippen molar-refractivity contribution in [3.05, 3.63) is 59.7 Å². The molecule has 0 atom stereocenters. The van der Waals surface area contributed by atoms with Gasteiger partial charge in [-0.15, -0.1) is 0 Å². The molecule has 2 N–H and O–H groups in total. The van der Waals surface area contributed by atoms with Crippen LogP contribution in [0.1, 0.15) is 34.6 Å². The third kappa shape index (κ3) is 5.27. The van der Waals surface area contributed by atoms with Crippen LogP contribution in [0.15, 0.2) is 48.5 Å². The second-order valence-electron chi connectivity index (χ2n) is 5.53. The smallest absolute Gasteiger partial charge is 0.387 e. The van der Waals surface area contributed by atoms with Crippen LogP contribution in [0.2, 0.25) is 0 Å². The van der Waals surface area contributed by atoms with Crippen molar-refractivity contribution in [2.45, 2.75) is 26.5 Å². The van der Waals surface area contributed by atoms with Gasteiger partial charge in [0.1, 0.15) is 5.75 Å². The summed E-state index contributed by atoms with van der Waals surface area (Å²) in [6.45, 7) is 0.685. The number of carbonyl (C=O) groups is 2. The predicted octanol–water partition coefficient (Wildman–Crippen LogP) is 3.68. The van der Waals surface area contributed by atoms with E-state index in [1.165, 1.54) is 18.2 Å². The van der Waals surface area contributed by atoms with Crippen molar-refractivity contribution in [3.63, 3.8) is 0 Å². The minimum Gasteiger partial charge on any atom is -0.434 e. The van der Waals surface area contributed by atoms with Gasteiger partial charge in [0.25, 0.3) is 11.8 Å². The van der Waals surface area contributed by atoms with Crippen molar-refractivity contribution in [2.24, 2.45) is 0 Å². The summed E-state index contributed by atoms with van der Waals surface area (Å²) in [6.07, 6.45) is 0. The number of para-hydroxylation sites is 1. The first kappa shape index (κ1) is 18.4. The molecule has 0 fully saturated rings. The number of rotatable bonds is 6. The SMILES string of the molecule is CC(C)NC(=O)c1ccc(NC(=O)c2ccccc2OC(F)F)cc1. The molecule has 2 aromatic carbocycles. The fourth-order valence-electron chi connectivity index (χ4n) is 2.10. The molecule has 0 aromatic heterocycles. The number of halogens is 2. The monoisotopic (exact) mass is 348 g/mol. The summed E-state index contributed by atoms with van der Waals surface area (Å²) in [6, 6.07) is 12.0. The van der Waals surface area contributed by atoms with Crippen LogP contribution in [-0.4, -0.2) is 24.5 Å². The summed E-state index contributed by atoms with van der Waals surface area (Å²) in [4.78, 5) is 24.1. The van der Waals surface area contributed by atoms with E-state index < -0.39 is 12.5 Å². The standard InChI is InChI=1S/C18H18F2N2O3/c1-11(2)21-16(23)12-7-9-13(10-8-12)22-17(24)14-5-3-4-6-15(14)25-18(19)20/h3-11,18H,1-2H3,(H,21,23)(H,22,24). The second-order valence-corrected chi connectivity index (χ2v) is 5.53. The molecule has 0 saturated carbocycles. The zero-order chi connectivity index (χ0) is 18.4. The van der Waals surface area contributed by atoms with E-state index in [9.17, 15) is 18.4 Å². The molecule has 2 amide bonds. The lowest BCUT2D eigenvalue weighted by molar-refractivity contribution is -0.0501. The molecule has 2 aromatic rings. The highest BCUT2D eigenvalue weighted by molar-refractivity contribution is 6.06. The van der Waals surface area contributed by atoms with Gasteiger partial charge in [0.05, 0.1) is 5.56 Å². The Kier molecular flexibility index (Phi) is 6.05. The van der Waals surface area contributed by atoms with Crippen LogP contribution in [0.5, 0.6) is 5.75 Å². The van der Waals surface area contributed by atoms with E-state index in [0.29, 0.717) is 11.3 Å². The molecule has 0 aliphatic heterocycles. The number of ether oxygens (including phenoxy) is 1. The Balaban J connectivity index is 2.10. The second kappa shape index (κ2) is 8.23. The van der Waals surface area contributed by atoms with E-state index in [1.807, 2.05) is 13.8 Å². The quantitative estimate of drug-likeness (QED) is 0.837. The van der Waals surface area contributed by atoms with Gasteiger partial charge in [0, 0.05) is 17.3 Å². The number of hydrogen-bond donors (Lipinski definition) is 2.